The lowest BCUT2D eigenvalue weighted by Crippen LogP contribution is -2.35. The zero-order chi connectivity index (χ0) is 18.5. The molecule has 8 heteroatoms. The fourth-order valence-corrected chi connectivity index (χ4v) is 2.53. The van der Waals surface area contributed by atoms with Crippen molar-refractivity contribution in [3.05, 3.63) is 70.1 Å². The Balaban J connectivity index is 1.52. The van der Waals surface area contributed by atoms with Gasteiger partial charge < -0.3 is 30.2 Å². The third-order valence-corrected chi connectivity index (χ3v) is 3.91. The minimum Gasteiger partial charge on any atom is -0.445 e. The monoisotopic (exact) mass is 357 g/mol. The molecule has 0 fully saturated rings. The van der Waals surface area contributed by atoms with Gasteiger partial charge in [0.15, 0.2) is 0 Å². The van der Waals surface area contributed by atoms with Crippen LogP contribution in [0.3, 0.4) is 0 Å². The molecule has 0 aliphatic rings. The number of fused-ring (bicyclic) bond motifs is 1. The summed E-state index contributed by atoms with van der Waals surface area (Å²) >= 11 is 0. The highest BCUT2D eigenvalue weighted by Gasteiger charge is 2.20. The second kappa shape index (κ2) is 7.85. The van der Waals surface area contributed by atoms with Crippen LogP contribution in [0.1, 0.15) is 17.2 Å². The second-order valence-corrected chi connectivity index (χ2v) is 5.84. The number of carbonyl (C=O) groups excluding carboxylic acids is 1. The number of alkyl carbamates (subject to hydrolysis) is 1. The maximum atomic E-state index is 11.7. The summed E-state index contributed by atoms with van der Waals surface area (Å²) in [7, 11) is 0. The Morgan fingerprint density at radius 2 is 1.81 bits per heavy atom. The van der Waals surface area contributed by atoms with E-state index < -0.39 is 18.3 Å². The Labute approximate surface area is 148 Å². The van der Waals surface area contributed by atoms with Crippen LogP contribution in [-0.4, -0.2) is 38.9 Å². The van der Waals surface area contributed by atoms with Gasteiger partial charge >= 0.3 is 11.8 Å². The topological polar surface area (TPSA) is 127 Å². The highest BCUT2D eigenvalue weighted by Crippen LogP contribution is 2.20. The lowest BCUT2D eigenvalue weighted by atomic mass is 10.0. The highest BCUT2D eigenvalue weighted by atomic mass is 16.5. The zero-order valence-corrected chi connectivity index (χ0v) is 13.8. The smallest absolute Gasteiger partial charge is 0.407 e. The molecular formula is C18H19N3O5. The number of benzene rings is 2. The number of aromatic nitrogens is 2. The number of aromatic amines is 2. The van der Waals surface area contributed by atoms with Crippen molar-refractivity contribution >= 4 is 17.1 Å². The van der Waals surface area contributed by atoms with Gasteiger partial charge in [-0.05, 0) is 23.3 Å². The molecule has 2 aromatic carbocycles. The van der Waals surface area contributed by atoms with Crippen molar-refractivity contribution in [2.75, 3.05) is 6.54 Å². The van der Waals surface area contributed by atoms with Crippen molar-refractivity contribution in [2.45, 2.75) is 18.8 Å². The van der Waals surface area contributed by atoms with Gasteiger partial charge in [0.25, 0.3) is 0 Å². The van der Waals surface area contributed by atoms with E-state index >= 15 is 0 Å². The van der Waals surface area contributed by atoms with Crippen LogP contribution in [0.15, 0.2) is 53.3 Å². The number of hydrogen-bond donors (Lipinski definition) is 5. The van der Waals surface area contributed by atoms with E-state index in [-0.39, 0.29) is 18.8 Å². The average Bonchev–Trinajstić information content (AvgIpc) is 3.03. The van der Waals surface area contributed by atoms with Gasteiger partial charge in [0.05, 0.1) is 11.0 Å². The zero-order valence-electron chi connectivity index (χ0n) is 13.8. The van der Waals surface area contributed by atoms with Gasteiger partial charge in [-0.2, -0.15) is 0 Å². The van der Waals surface area contributed by atoms with E-state index in [0.717, 1.165) is 5.56 Å². The Bertz CT molecular complexity index is 935. The highest BCUT2D eigenvalue weighted by molar-refractivity contribution is 5.75. The number of aliphatic hydroxyl groups is 2. The second-order valence-electron chi connectivity index (χ2n) is 5.84. The van der Waals surface area contributed by atoms with Crippen molar-refractivity contribution in [2.24, 2.45) is 0 Å². The van der Waals surface area contributed by atoms with E-state index in [4.69, 9.17) is 4.74 Å². The van der Waals surface area contributed by atoms with E-state index in [1.807, 2.05) is 30.3 Å². The molecule has 0 radical (unpaired) electrons. The van der Waals surface area contributed by atoms with Gasteiger partial charge in [-0.1, -0.05) is 36.4 Å². The van der Waals surface area contributed by atoms with Crippen LogP contribution in [-0.2, 0) is 11.3 Å². The predicted octanol–water partition coefficient (Wildman–Crippen LogP) is 1.18. The molecule has 2 atom stereocenters. The Kier molecular flexibility index (Phi) is 5.35. The maximum absolute atomic E-state index is 11.7. The molecule has 0 aliphatic carbocycles. The largest absolute Gasteiger partial charge is 0.445 e. The third-order valence-electron chi connectivity index (χ3n) is 3.91. The van der Waals surface area contributed by atoms with Gasteiger partial charge in [-0.25, -0.2) is 9.59 Å². The standard InChI is InChI=1S/C18H19N3O5/c22-15(9-19-18(25)26-10-11-4-2-1-3-5-11)16(23)12-6-7-13-14(8-12)21-17(24)20-13/h1-8,15-16,22-23H,9-10H2,(H,19,25)(H2,20,21,24). The molecule has 136 valence electrons. The van der Waals surface area contributed by atoms with Gasteiger partial charge in [0, 0.05) is 6.54 Å². The van der Waals surface area contributed by atoms with Gasteiger partial charge in [0.2, 0.25) is 0 Å². The maximum Gasteiger partial charge on any atom is 0.407 e. The number of ether oxygens (including phenoxy) is 1. The number of H-pyrrole nitrogens is 2. The molecule has 1 aromatic heterocycles. The molecule has 26 heavy (non-hydrogen) atoms. The Morgan fingerprint density at radius 3 is 2.58 bits per heavy atom. The SMILES string of the molecule is O=C(NCC(O)C(O)c1ccc2[nH]c(=O)[nH]c2c1)OCc1ccccc1. The number of nitrogens with one attached hydrogen (secondary N) is 3. The molecule has 1 heterocycles. The van der Waals surface area contributed by atoms with Crippen LogP contribution in [0.5, 0.6) is 0 Å². The first-order valence-corrected chi connectivity index (χ1v) is 8.05. The summed E-state index contributed by atoms with van der Waals surface area (Å²) in [6.45, 7) is -0.0701. The van der Waals surface area contributed by atoms with E-state index in [1.165, 1.54) is 0 Å². The van der Waals surface area contributed by atoms with E-state index in [0.29, 0.717) is 16.6 Å². The predicted molar refractivity (Wildman–Crippen MR) is 94.5 cm³/mol. The summed E-state index contributed by atoms with van der Waals surface area (Å²) in [6.07, 6.45) is -3.15. The van der Waals surface area contributed by atoms with Crippen LogP contribution in [0.4, 0.5) is 4.79 Å². The van der Waals surface area contributed by atoms with E-state index in [2.05, 4.69) is 15.3 Å². The fraction of sp³-hybridized carbons (Fsp3) is 0.222. The van der Waals surface area contributed by atoms with Crippen LogP contribution >= 0.6 is 0 Å². The fourth-order valence-electron chi connectivity index (χ4n) is 2.53. The molecule has 1 amide bonds. The lowest BCUT2D eigenvalue weighted by molar-refractivity contribution is 0.0185. The molecule has 0 bridgehead atoms. The van der Waals surface area contributed by atoms with E-state index in [9.17, 15) is 19.8 Å². The molecule has 8 nitrogen and oxygen atoms in total. The summed E-state index contributed by atoms with van der Waals surface area (Å²) in [5.41, 5.74) is 2.03. The molecule has 0 saturated heterocycles. The molecule has 2 unspecified atom stereocenters. The summed E-state index contributed by atoms with van der Waals surface area (Å²) in [6, 6.07) is 14.0. The van der Waals surface area contributed by atoms with Crippen molar-refractivity contribution in [1.82, 2.24) is 15.3 Å². The third kappa shape index (κ3) is 4.29. The van der Waals surface area contributed by atoms with Crippen molar-refractivity contribution in [3.63, 3.8) is 0 Å². The number of amides is 1. The number of hydrogen-bond acceptors (Lipinski definition) is 5. The summed E-state index contributed by atoms with van der Waals surface area (Å²) < 4.78 is 5.04. The lowest BCUT2D eigenvalue weighted by Gasteiger charge is -2.18. The van der Waals surface area contributed by atoms with Crippen molar-refractivity contribution in [1.29, 1.82) is 0 Å². The quantitative estimate of drug-likeness (QED) is 0.453. The van der Waals surface area contributed by atoms with Crippen molar-refractivity contribution in [3.8, 4) is 0 Å². The molecule has 3 aromatic rings. The minimum atomic E-state index is -1.23. The van der Waals surface area contributed by atoms with Gasteiger partial charge in [-0.3, -0.25) is 0 Å². The summed E-state index contributed by atoms with van der Waals surface area (Å²) in [5, 5.41) is 22.7. The van der Waals surface area contributed by atoms with Crippen molar-refractivity contribution < 1.29 is 19.7 Å². The molecule has 0 spiro atoms. The normalized spacial score (nSPS) is 13.3. The first-order valence-electron chi connectivity index (χ1n) is 8.05. The number of carbonyl (C=O) groups is 1. The van der Waals surface area contributed by atoms with E-state index in [1.54, 1.807) is 18.2 Å². The van der Waals surface area contributed by atoms with Crippen LogP contribution < -0.4 is 11.0 Å². The number of aliphatic hydroxyl groups excluding tert-OH is 2. The Morgan fingerprint density at radius 1 is 1.08 bits per heavy atom. The Hall–Kier alpha value is -3.10. The molecule has 0 aliphatic heterocycles. The van der Waals surface area contributed by atoms with Crippen LogP contribution in [0.25, 0.3) is 11.0 Å². The van der Waals surface area contributed by atoms with Crippen LogP contribution in [0.2, 0.25) is 0 Å². The molecular weight excluding hydrogens is 338 g/mol. The van der Waals surface area contributed by atoms with Gasteiger partial charge in [0.1, 0.15) is 18.8 Å². The molecule has 0 saturated carbocycles. The number of imidazole rings is 1. The minimum absolute atomic E-state index is 0.114. The average molecular weight is 357 g/mol. The number of rotatable bonds is 6. The molecule has 5 N–H and O–H groups in total. The first kappa shape index (κ1) is 17.7. The summed E-state index contributed by atoms with van der Waals surface area (Å²) in [5.74, 6) is 0. The molecule has 3 rings (SSSR count). The van der Waals surface area contributed by atoms with Crippen LogP contribution in [0, 0.1) is 0 Å². The first-order chi connectivity index (χ1) is 12.5. The summed E-state index contributed by atoms with van der Waals surface area (Å²) in [4.78, 5) is 28.1. The van der Waals surface area contributed by atoms with Gasteiger partial charge in [-0.15, -0.1) is 0 Å².